The van der Waals surface area contributed by atoms with Crippen LogP contribution in [0.4, 0.5) is 0 Å². The van der Waals surface area contributed by atoms with Crippen molar-refractivity contribution in [3.63, 3.8) is 0 Å². The monoisotopic (exact) mass is 241 g/mol. The van der Waals surface area contributed by atoms with E-state index in [-0.39, 0.29) is 5.41 Å². The van der Waals surface area contributed by atoms with Crippen molar-refractivity contribution in [3.05, 3.63) is 0 Å². The molecular weight excluding hydrogens is 214 g/mol. The van der Waals surface area contributed by atoms with Gasteiger partial charge in [-0.2, -0.15) is 0 Å². The maximum atomic E-state index is 5.77. The van der Waals surface area contributed by atoms with Gasteiger partial charge in [0.05, 0.1) is 12.7 Å². The maximum Gasteiger partial charge on any atom is 0.0655 e. The highest BCUT2D eigenvalue weighted by Crippen LogP contribution is 2.43. The minimum atomic E-state index is 0.268. The molecule has 2 fully saturated rings. The van der Waals surface area contributed by atoms with Gasteiger partial charge in [0, 0.05) is 30.7 Å². The van der Waals surface area contributed by atoms with Crippen LogP contribution < -0.4 is 5.32 Å². The summed E-state index contributed by atoms with van der Waals surface area (Å²) in [5.41, 5.74) is 0.268. The highest BCUT2D eigenvalue weighted by atomic mass is 16.5. The van der Waals surface area contributed by atoms with Gasteiger partial charge in [-0.15, -0.1) is 0 Å². The van der Waals surface area contributed by atoms with Crippen LogP contribution in [0.25, 0.3) is 0 Å². The van der Waals surface area contributed by atoms with Crippen molar-refractivity contribution in [1.29, 1.82) is 0 Å². The quantitative estimate of drug-likeness (QED) is 0.800. The predicted molar refractivity (Wildman–Crippen MR) is 69.1 cm³/mol. The van der Waals surface area contributed by atoms with Gasteiger partial charge in [-0.1, -0.05) is 13.8 Å². The molecular formula is C14H27NO2. The third kappa shape index (κ3) is 2.67. The van der Waals surface area contributed by atoms with Crippen molar-refractivity contribution >= 4 is 0 Å². The second-order valence-electron chi connectivity index (χ2n) is 6.13. The van der Waals surface area contributed by atoms with Gasteiger partial charge >= 0.3 is 0 Å². The Bertz CT molecular complexity index is 249. The second kappa shape index (κ2) is 5.25. The van der Waals surface area contributed by atoms with Crippen molar-refractivity contribution in [2.45, 2.75) is 58.7 Å². The van der Waals surface area contributed by atoms with Gasteiger partial charge in [0.25, 0.3) is 0 Å². The van der Waals surface area contributed by atoms with E-state index in [1.165, 1.54) is 6.42 Å². The SMILES string of the molecule is CCOC1CC(NC(C)C2CCOC2)C1(C)C. The van der Waals surface area contributed by atoms with Gasteiger partial charge in [-0.05, 0) is 32.6 Å². The van der Waals surface area contributed by atoms with Gasteiger partial charge in [0.15, 0.2) is 0 Å². The normalized spacial score (nSPS) is 37.8. The van der Waals surface area contributed by atoms with Crippen LogP contribution in [0.15, 0.2) is 0 Å². The summed E-state index contributed by atoms with van der Waals surface area (Å²) >= 11 is 0. The van der Waals surface area contributed by atoms with E-state index < -0.39 is 0 Å². The molecule has 1 N–H and O–H groups in total. The van der Waals surface area contributed by atoms with E-state index >= 15 is 0 Å². The van der Waals surface area contributed by atoms with Crippen LogP contribution in [0.5, 0.6) is 0 Å². The van der Waals surface area contributed by atoms with Crippen molar-refractivity contribution in [3.8, 4) is 0 Å². The Hall–Kier alpha value is -0.120. The summed E-state index contributed by atoms with van der Waals surface area (Å²) in [5, 5.41) is 3.78. The number of nitrogens with one attached hydrogen (secondary N) is 1. The standard InChI is InChI=1S/C14H27NO2/c1-5-17-13-8-12(14(13,3)4)15-10(2)11-6-7-16-9-11/h10-13,15H,5-9H2,1-4H3. The molecule has 0 radical (unpaired) electrons. The van der Waals surface area contributed by atoms with Gasteiger partial charge in [0.2, 0.25) is 0 Å². The molecule has 1 saturated carbocycles. The lowest BCUT2D eigenvalue weighted by atomic mass is 9.64. The summed E-state index contributed by atoms with van der Waals surface area (Å²) in [5.74, 6) is 0.692. The Labute approximate surface area is 105 Å². The Kier molecular flexibility index (Phi) is 4.11. The Morgan fingerprint density at radius 2 is 2.24 bits per heavy atom. The average Bonchev–Trinajstić information content (AvgIpc) is 2.81. The Balaban J connectivity index is 1.80. The van der Waals surface area contributed by atoms with Crippen LogP contribution >= 0.6 is 0 Å². The highest BCUT2D eigenvalue weighted by molar-refractivity contribution is 5.03. The van der Waals surface area contributed by atoms with Crippen LogP contribution in [0.2, 0.25) is 0 Å². The maximum absolute atomic E-state index is 5.77. The number of hydrogen-bond donors (Lipinski definition) is 1. The van der Waals surface area contributed by atoms with Crippen LogP contribution in [0.1, 0.15) is 40.5 Å². The molecule has 2 aliphatic rings. The second-order valence-corrected chi connectivity index (χ2v) is 6.13. The molecule has 4 unspecified atom stereocenters. The first-order valence-electron chi connectivity index (χ1n) is 7.01. The molecule has 0 bridgehead atoms. The minimum absolute atomic E-state index is 0.268. The summed E-state index contributed by atoms with van der Waals surface area (Å²) in [6.45, 7) is 11.7. The molecule has 0 aromatic carbocycles. The fraction of sp³-hybridized carbons (Fsp3) is 1.00. The summed E-state index contributed by atoms with van der Waals surface area (Å²) in [6, 6.07) is 1.15. The predicted octanol–water partition coefficient (Wildman–Crippen LogP) is 2.20. The van der Waals surface area contributed by atoms with Crippen LogP contribution in [-0.4, -0.2) is 38.0 Å². The molecule has 1 heterocycles. The molecule has 0 aromatic heterocycles. The largest absolute Gasteiger partial charge is 0.381 e. The zero-order valence-corrected chi connectivity index (χ0v) is 11.7. The smallest absolute Gasteiger partial charge is 0.0655 e. The molecule has 1 aliphatic carbocycles. The van der Waals surface area contributed by atoms with E-state index in [0.29, 0.717) is 24.1 Å². The third-order valence-electron chi connectivity index (χ3n) is 4.68. The van der Waals surface area contributed by atoms with Crippen LogP contribution in [-0.2, 0) is 9.47 Å². The van der Waals surface area contributed by atoms with Gasteiger partial charge in [0.1, 0.15) is 0 Å². The third-order valence-corrected chi connectivity index (χ3v) is 4.68. The molecule has 3 heteroatoms. The number of rotatable bonds is 5. The molecule has 4 atom stereocenters. The summed E-state index contributed by atoms with van der Waals surface area (Å²) < 4.78 is 11.2. The summed E-state index contributed by atoms with van der Waals surface area (Å²) in [7, 11) is 0. The molecule has 0 aromatic rings. The van der Waals surface area contributed by atoms with Crippen molar-refractivity contribution in [2.24, 2.45) is 11.3 Å². The number of hydrogen-bond acceptors (Lipinski definition) is 3. The molecule has 0 spiro atoms. The molecule has 17 heavy (non-hydrogen) atoms. The van der Waals surface area contributed by atoms with Crippen LogP contribution in [0, 0.1) is 11.3 Å². The lowest BCUT2D eigenvalue weighted by Gasteiger charge is -2.53. The molecule has 1 saturated heterocycles. The fourth-order valence-corrected chi connectivity index (χ4v) is 3.05. The Morgan fingerprint density at radius 1 is 1.47 bits per heavy atom. The van der Waals surface area contributed by atoms with Crippen molar-refractivity contribution in [1.82, 2.24) is 5.32 Å². The molecule has 0 amide bonds. The van der Waals surface area contributed by atoms with E-state index in [1.54, 1.807) is 0 Å². The van der Waals surface area contributed by atoms with Gasteiger partial charge < -0.3 is 14.8 Å². The van der Waals surface area contributed by atoms with E-state index in [2.05, 4.69) is 33.0 Å². The summed E-state index contributed by atoms with van der Waals surface area (Å²) in [6.07, 6.45) is 2.78. The van der Waals surface area contributed by atoms with Gasteiger partial charge in [-0.25, -0.2) is 0 Å². The highest BCUT2D eigenvalue weighted by Gasteiger charge is 2.49. The van der Waals surface area contributed by atoms with E-state index in [4.69, 9.17) is 9.47 Å². The van der Waals surface area contributed by atoms with Crippen molar-refractivity contribution in [2.75, 3.05) is 19.8 Å². The molecule has 3 nitrogen and oxygen atoms in total. The number of ether oxygens (including phenoxy) is 2. The Morgan fingerprint density at radius 3 is 2.76 bits per heavy atom. The average molecular weight is 241 g/mol. The molecule has 2 rings (SSSR count). The fourth-order valence-electron chi connectivity index (χ4n) is 3.05. The zero-order valence-electron chi connectivity index (χ0n) is 11.7. The first-order valence-corrected chi connectivity index (χ1v) is 7.01. The van der Waals surface area contributed by atoms with E-state index in [0.717, 1.165) is 26.2 Å². The van der Waals surface area contributed by atoms with Gasteiger partial charge in [-0.3, -0.25) is 0 Å². The zero-order chi connectivity index (χ0) is 12.5. The van der Waals surface area contributed by atoms with Crippen LogP contribution in [0.3, 0.4) is 0 Å². The topological polar surface area (TPSA) is 30.5 Å². The molecule has 100 valence electrons. The molecule has 1 aliphatic heterocycles. The first kappa shape index (κ1) is 13.3. The lowest BCUT2D eigenvalue weighted by molar-refractivity contribution is -0.117. The lowest BCUT2D eigenvalue weighted by Crippen LogP contribution is -2.63. The minimum Gasteiger partial charge on any atom is -0.381 e. The first-order chi connectivity index (χ1) is 8.05. The van der Waals surface area contributed by atoms with Crippen molar-refractivity contribution < 1.29 is 9.47 Å². The van der Waals surface area contributed by atoms with E-state index in [9.17, 15) is 0 Å². The summed E-state index contributed by atoms with van der Waals surface area (Å²) in [4.78, 5) is 0. The van der Waals surface area contributed by atoms with E-state index in [1.807, 2.05) is 0 Å².